The molecule has 0 aliphatic carbocycles. The number of aromatic carboxylic acids is 1. The highest BCUT2D eigenvalue weighted by atomic mass is 32.1. The molecule has 3 heterocycles. The van der Waals surface area contributed by atoms with Crippen LogP contribution in [-0.4, -0.2) is 11.1 Å². The predicted octanol–water partition coefficient (Wildman–Crippen LogP) is 4.94. The Morgan fingerprint density at radius 3 is 1.50 bits per heavy atom. The number of thiophene rings is 3. The molecule has 94 valence electrons. The van der Waals surface area contributed by atoms with Gasteiger partial charge in [-0.25, -0.2) is 4.79 Å². The maximum Gasteiger partial charge on any atom is 0.345 e. The maximum absolute atomic E-state index is 10.1. The summed E-state index contributed by atoms with van der Waals surface area (Å²) in [5, 5.41) is 18.2. The second-order valence-electron chi connectivity index (χ2n) is 2.87. The number of carboxylic acid groups (broad SMARTS) is 1. The van der Waals surface area contributed by atoms with Gasteiger partial charge in [0.2, 0.25) is 0 Å². The number of hydrogen-bond acceptors (Lipinski definition) is 4. The van der Waals surface area contributed by atoms with Crippen molar-refractivity contribution in [3.63, 3.8) is 0 Å². The standard InChI is InChI=1S/C5H4O2S.2C4H4S/c6-5(7)4-2-1-3-8-4;2*1-2-4-5-3-1/h1-3H,(H,6,7);2*1-4H. The van der Waals surface area contributed by atoms with E-state index < -0.39 is 5.97 Å². The molecule has 5 heteroatoms. The second kappa shape index (κ2) is 9.58. The van der Waals surface area contributed by atoms with Crippen LogP contribution in [0.5, 0.6) is 0 Å². The Morgan fingerprint density at radius 1 is 0.833 bits per heavy atom. The summed E-state index contributed by atoms with van der Waals surface area (Å²) in [7, 11) is 0. The molecule has 0 unspecified atom stereocenters. The Morgan fingerprint density at radius 2 is 1.33 bits per heavy atom. The van der Waals surface area contributed by atoms with Crippen molar-refractivity contribution in [2.24, 2.45) is 0 Å². The van der Waals surface area contributed by atoms with E-state index in [4.69, 9.17) is 5.11 Å². The van der Waals surface area contributed by atoms with Crippen molar-refractivity contribution in [3.05, 3.63) is 68.2 Å². The van der Waals surface area contributed by atoms with Crippen LogP contribution < -0.4 is 0 Å². The van der Waals surface area contributed by atoms with Gasteiger partial charge in [0.05, 0.1) is 0 Å². The van der Waals surface area contributed by atoms with Gasteiger partial charge < -0.3 is 5.11 Å². The van der Waals surface area contributed by atoms with Gasteiger partial charge in [-0.15, -0.1) is 11.3 Å². The molecule has 0 bridgehead atoms. The van der Waals surface area contributed by atoms with Gasteiger partial charge in [-0.1, -0.05) is 30.3 Å². The first kappa shape index (κ1) is 14.6. The quantitative estimate of drug-likeness (QED) is 0.690. The van der Waals surface area contributed by atoms with Gasteiger partial charge in [0.1, 0.15) is 4.88 Å². The molecule has 1 N–H and O–H groups in total. The number of rotatable bonds is 1. The highest BCUT2D eigenvalue weighted by molar-refractivity contribution is 7.11. The van der Waals surface area contributed by atoms with Crippen molar-refractivity contribution in [2.75, 3.05) is 0 Å². The summed E-state index contributed by atoms with van der Waals surface area (Å²) in [4.78, 5) is 10.5. The average molecular weight is 296 g/mol. The van der Waals surface area contributed by atoms with Gasteiger partial charge in [-0.3, -0.25) is 0 Å². The summed E-state index contributed by atoms with van der Waals surface area (Å²) < 4.78 is 0. The number of hydrogen-bond donors (Lipinski definition) is 1. The smallest absolute Gasteiger partial charge is 0.345 e. The van der Waals surface area contributed by atoms with E-state index >= 15 is 0 Å². The molecule has 0 amide bonds. The molecule has 3 aromatic rings. The van der Waals surface area contributed by atoms with Crippen LogP contribution >= 0.6 is 34.0 Å². The van der Waals surface area contributed by atoms with E-state index in [-0.39, 0.29) is 0 Å². The normalized spacial score (nSPS) is 8.44. The van der Waals surface area contributed by atoms with Gasteiger partial charge in [0.25, 0.3) is 0 Å². The summed E-state index contributed by atoms with van der Waals surface area (Å²) in [6, 6.07) is 11.4. The molecule has 3 aromatic heterocycles. The summed E-state index contributed by atoms with van der Waals surface area (Å²) >= 11 is 4.66. The van der Waals surface area contributed by atoms with Gasteiger partial charge in [0, 0.05) is 0 Å². The minimum Gasteiger partial charge on any atom is -0.477 e. The second-order valence-corrected chi connectivity index (χ2v) is 5.45. The lowest BCUT2D eigenvalue weighted by Gasteiger charge is -1.78. The summed E-state index contributed by atoms with van der Waals surface area (Å²) in [5.74, 6) is -0.847. The van der Waals surface area contributed by atoms with Crippen molar-refractivity contribution in [2.45, 2.75) is 0 Å². The first-order chi connectivity index (χ1) is 8.80. The minimum atomic E-state index is -0.847. The molecular weight excluding hydrogens is 284 g/mol. The van der Waals surface area contributed by atoms with E-state index in [0.29, 0.717) is 4.88 Å². The van der Waals surface area contributed by atoms with E-state index in [9.17, 15) is 4.79 Å². The minimum absolute atomic E-state index is 0.394. The van der Waals surface area contributed by atoms with Crippen LogP contribution in [0.3, 0.4) is 0 Å². The lowest BCUT2D eigenvalue weighted by molar-refractivity contribution is 0.0702. The molecule has 0 radical (unpaired) electrons. The summed E-state index contributed by atoms with van der Waals surface area (Å²) in [6.45, 7) is 0. The van der Waals surface area contributed by atoms with Gasteiger partial charge in [-0.2, -0.15) is 22.7 Å². The topological polar surface area (TPSA) is 37.3 Å². The molecule has 0 aliphatic rings. The van der Waals surface area contributed by atoms with Crippen molar-refractivity contribution in [3.8, 4) is 0 Å². The Kier molecular flexibility index (Phi) is 7.79. The fraction of sp³-hybridized carbons (Fsp3) is 0. The van der Waals surface area contributed by atoms with E-state index in [0.717, 1.165) is 0 Å². The lowest BCUT2D eigenvalue weighted by atomic mass is 10.5. The van der Waals surface area contributed by atoms with Crippen LogP contribution in [0.4, 0.5) is 0 Å². The lowest BCUT2D eigenvalue weighted by Crippen LogP contribution is -1.89. The van der Waals surface area contributed by atoms with Crippen molar-refractivity contribution in [1.82, 2.24) is 0 Å². The summed E-state index contributed by atoms with van der Waals surface area (Å²) in [6.07, 6.45) is 0. The molecular formula is C13H12O2S3. The molecule has 0 atom stereocenters. The Labute approximate surface area is 118 Å². The van der Waals surface area contributed by atoms with Gasteiger partial charge in [0.15, 0.2) is 0 Å². The summed E-state index contributed by atoms with van der Waals surface area (Å²) in [5.41, 5.74) is 0. The molecule has 0 fully saturated rings. The number of carboxylic acids is 1. The van der Waals surface area contributed by atoms with Crippen molar-refractivity contribution < 1.29 is 9.90 Å². The van der Waals surface area contributed by atoms with E-state index in [1.807, 2.05) is 45.8 Å². The fourth-order valence-electron chi connectivity index (χ4n) is 0.854. The van der Waals surface area contributed by atoms with Crippen LogP contribution in [0.25, 0.3) is 0 Å². The third-order valence-electron chi connectivity index (χ3n) is 1.58. The van der Waals surface area contributed by atoms with Gasteiger partial charge >= 0.3 is 5.97 Å². The molecule has 0 aliphatic heterocycles. The zero-order valence-corrected chi connectivity index (χ0v) is 11.9. The predicted molar refractivity (Wildman–Crippen MR) is 79.9 cm³/mol. The average Bonchev–Trinajstić information content (AvgIpc) is 3.16. The third-order valence-corrected chi connectivity index (χ3v) is 3.70. The zero-order chi connectivity index (χ0) is 13.1. The SMILES string of the molecule is O=C(O)c1cccs1.c1ccsc1.c1ccsc1. The Balaban J connectivity index is 0.000000141. The van der Waals surface area contributed by atoms with Crippen LogP contribution in [-0.2, 0) is 0 Å². The molecule has 0 saturated heterocycles. The fourth-order valence-corrected chi connectivity index (χ4v) is 2.32. The van der Waals surface area contributed by atoms with Crippen molar-refractivity contribution >= 4 is 40.0 Å². The van der Waals surface area contributed by atoms with E-state index in [1.165, 1.54) is 11.3 Å². The molecule has 3 rings (SSSR count). The Hall–Kier alpha value is -1.43. The van der Waals surface area contributed by atoms with Crippen LogP contribution in [0.15, 0.2) is 63.3 Å². The van der Waals surface area contributed by atoms with Crippen LogP contribution in [0.1, 0.15) is 9.67 Å². The molecule has 2 nitrogen and oxygen atoms in total. The van der Waals surface area contributed by atoms with E-state index in [2.05, 4.69) is 0 Å². The molecule has 0 saturated carbocycles. The largest absolute Gasteiger partial charge is 0.477 e. The number of carbonyl (C=O) groups is 1. The zero-order valence-electron chi connectivity index (χ0n) is 9.43. The highest BCUT2D eigenvalue weighted by Gasteiger charge is 1.99. The molecule has 18 heavy (non-hydrogen) atoms. The molecule has 0 spiro atoms. The van der Waals surface area contributed by atoms with Crippen LogP contribution in [0.2, 0.25) is 0 Å². The third kappa shape index (κ3) is 7.01. The Bertz CT molecular complexity index is 424. The van der Waals surface area contributed by atoms with Crippen LogP contribution in [0, 0.1) is 0 Å². The molecule has 0 aromatic carbocycles. The monoisotopic (exact) mass is 296 g/mol. The maximum atomic E-state index is 10.1. The highest BCUT2D eigenvalue weighted by Crippen LogP contribution is 2.06. The first-order valence-corrected chi connectivity index (χ1v) is 7.78. The van der Waals surface area contributed by atoms with E-state index in [1.54, 1.807) is 40.2 Å². The van der Waals surface area contributed by atoms with Crippen molar-refractivity contribution in [1.29, 1.82) is 0 Å². The van der Waals surface area contributed by atoms with Gasteiger partial charge in [-0.05, 0) is 33.0 Å². The first-order valence-electron chi connectivity index (χ1n) is 5.02.